The standard InChI is InChI=1S/C15H28N4O/c1-4-5-13(8-9-16)6-7-15(20)18(2)11-14-10-17-19(3)12-14/h10,12-13H,4-9,11,16H2,1-3H3. The van der Waals surface area contributed by atoms with E-state index < -0.39 is 0 Å². The van der Waals surface area contributed by atoms with Crippen molar-refractivity contribution >= 4 is 5.91 Å². The molecule has 0 spiro atoms. The Balaban J connectivity index is 2.36. The molecule has 0 fully saturated rings. The molecule has 1 aromatic heterocycles. The molecule has 0 saturated carbocycles. The van der Waals surface area contributed by atoms with Gasteiger partial charge in [0.15, 0.2) is 0 Å². The Morgan fingerprint density at radius 1 is 1.45 bits per heavy atom. The van der Waals surface area contributed by atoms with Crippen molar-refractivity contribution in [2.45, 2.75) is 45.6 Å². The van der Waals surface area contributed by atoms with E-state index in [9.17, 15) is 4.79 Å². The van der Waals surface area contributed by atoms with Gasteiger partial charge in [0.1, 0.15) is 0 Å². The normalized spacial score (nSPS) is 12.4. The van der Waals surface area contributed by atoms with E-state index in [0.717, 1.165) is 31.2 Å². The largest absolute Gasteiger partial charge is 0.341 e. The molecule has 0 aliphatic heterocycles. The zero-order valence-electron chi connectivity index (χ0n) is 13.0. The molecule has 0 radical (unpaired) electrons. The van der Waals surface area contributed by atoms with Crippen molar-refractivity contribution in [3.05, 3.63) is 18.0 Å². The first-order valence-electron chi connectivity index (χ1n) is 7.48. The van der Waals surface area contributed by atoms with Gasteiger partial charge in [0.05, 0.1) is 6.20 Å². The van der Waals surface area contributed by atoms with Crippen LogP contribution in [0.5, 0.6) is 0 Å². The number of aryl methyl sites for hydroxylation is 1. The highest BCUT2D eigenvalue weighted by Gasteiger charge is 2.14. The van der Waals surface area contributed by atoms with Gasteiger partial charge >= 0.3 is 0 Å². The molecule has 1 atom stereocenters. The highest BCUT2D eigenvalue weighted by Crippen LogP contribution is 2.17. The Hall–Kier alpha value is -1.36. The van der Waals surface area contributed by atoms with Crippen LogP contribution >= 0.6 is 0 Å². The lowest BCUT2D eigenvalue weighted by Gasteiger charge is -2.19. The van der Waals surface area contributed by atoms with Crippen molar-refractivity contribution in [1.29, 1.82) is 0 Å². The molecule has 1 amide bonds. The summed E-state index contributed by atoms with van der Waals surface area (Å²) >= 11 is 0. The van der Waals surface area contributed by atoms with E-state index in [1.54, 1.807) is 15.8 Å². The van der Waals surface area contributed by atoms with Crippen molar-refractivity contribution in [2.24, 2.45) is 18.7 Å². The number of rotatable bonds is 9. The molecule has 20 heavy (non-hydrogen) atoms. The fourth-order valence-corrected chi connectivity index (χ4v) is 2.51. The summed E-state index contributed by atoms with van der Waals surface area (Å²) in [7, 11) is 3.74. The van der Waals surface area contributed by atoms with Crippen LogP contribution in [0.4, 0.5) is 0 Å². The zero-order valence-corrected chi connectivity index (χ0v) is 13.0. The molecule has 114 valence electrons. The third-order valence-electron chi connectivity index (χ3n) is 3.64. The number of hydrogen-bond acceptors (Lipinski definition) is 3. The maximum atomic E-state index is 12.1. The van der Waals surface area contributed by atoms with E-state index in [0.29, 0.717) is 25.4 Å². The van der Waals surface area contributed by atoms with Crippen LogP contribution in [0.3, 0.4) is 0 Å². The van der Waals surface area contributed by atoms with Crippen LogP contribution in [-0.4, -0.2) is 34.2 Å². The van der Waals surface area contributed by atoms with Crippen molar-refractivity contribution in [3.8, 4) is 0 Å². The first-order valence-corrected chi connectivity index (χ1v) is 7.48. The number of carbonyl (C=O) groups is 1. The number of hydrogen-bond donors (Lipinski definition) is 1. The predicted molar refractivity (Wildman–Crippen MR) is 81.0 cm³/mol. The second-order valence-electron chi connectivity index (χ2n) is 5.54. The van der Waals surface area contributed by atoms with E-state index >= 15 is 0 Å². The lowest BCUT2D eigenvalue weighted by atomic mass is 9.94. The minimum atomic E-state index is 0.201. The summed E-state index contributed by atoms with van der Waals surface area (Å²) in [5, 5.41) is 4.12. The molecule has 1 aromatic rings. The third-order valence-corrected chi connectivity index (χ3v) is 3.64. The zero-order chi connectivity index (χ0) is 15.0. The third kappa shape index (κ3) is 5.74. The summed E-state index contributed by atoms with van der Waals surface area (Å²) in [5.41, 5.74) is 6.69. The predicted octanol–water partition coefficient (Wildman–Crippen LogP) is 1.92. The summed E-state index contributed by atoms with van der Waals surface area (Å²) in [5.74, 6) is 0.785. The summed E-state index contributed by atoms with van der Waals surface area (Å²) in [4.78, 5) is 13.9. The molecule has 5 nitrogen and oxygen atoms in total. The monoisotopic (exact) mass is 280 g/mol. The van der Waals surface area contributed by atoms with Crippen molar-refractivity contribution in [1.82, 2.24) is 14.7 Å². The van der Waals surface area contributed by atoms with Crippen LogP contribution in [0.15, 0.2) is 12.4 Å². The van der Waals surface area contributed by atoms with E-state index in [2.05, 4.69) is 12.0 Å². The second kappa shape index (κ2) is 8.74. The van der Waals surface area contributed by atoms with Gasteiger partial charge < -0.3 is 10.6 Å². The Bertz CT molecular complexity index is 396. The van der Waals surface area contributed by atoms with E-state index in [4.69, 9.17) is 5.73 Å². The fraction of sp³-hybridized carbons (Fsp3) is 0.733. The Labute approximate surface area is 122 Å². The molecule has 0 aliphatic rings. The smallest absolute Gasteiger partial charge is 0.222 e. The topological polar surface area (TPSA) is 64.2 Å². The molecule has 1 rings (SSSR count). The molecule has 0 aromatic carbocycles. The number of aromatic nitrogens is 2. The average Bonchev–Trinajstić information content (AvgIpc) is 2.81. The van der Waals surface area contributed by atoms with Gasteiger partial charge in [0, 0.05) is 38.8 Å². The Morgan fingerprint density at radius 2 is 2.20 bits per heavy atom. The first kappa shape index (κ1) is 16.7. The molecule has 0 aliphatic carbocycles. The van der Waals surface area contributed by atoms with Crippen molar-refractivity contribution in [2.75, 3.05) is 13.6 Å². The molecule has 2 N–H and O–H groups in total. The summed E-state index contributed by atoms with van der Waals surface area (Å²) < 4.78 is 1.76. The van der Waals surface area contributed by atoms with Crippen LogP contribution in [0.2, 0.25) is 0 Å². The highest BCUT2D eigenvalue weighted by molar-refractivity contribution is 5.75. The van der Waals surface area contributed by atoms with Gasteiger partial charge in [0.2, 0.25) is 5.91 Å². The summed E-state index contributed by atoms with van der Waals surface area (Å²) in [6, 6.07) is 0. The molecule has 1 heterocycles. The fourth-order valence-electron chi connectivity index (χ4n) is 2.51. The molecule has 5 heteroatoms. The van der Waals surface area contributed by atoms with Gasteiger partial charge in [-0.25, -0.2) is 0 Å². The molecule has 0 bridgehead atoms. The molecule has 0 saturated heterocycles. The van der Waals surface area contributed by atoms with E-state index in [1.807, 2.05) is 20.3 Å². The molecular weight excluding hydrogens is 252 g/mol. The highest BCUT2D eigenvalue weighted by atomic mass is 16.2. The SMILES string of the molecule is CCCC(CCN)CCC(=O)N(C)Cc1cnn(C)c1. The number of carbonyl (C=O) groups excluding carboxylic acids is 1. The van der Waals surface area contributed by atoms with Gasteiger partial charge in [0.25, 0.3) is 0 Å². The van der Waals surface area contributed by atoms with Crippen LogP contribution in [0.1, 0.15) is 44.6 Å². The minimum absolute atomic E-state index is 0.201. The number of amides is 1. The van der Waals surface area contributed by atoms with Crippen LogP contribution in [0.25, 0.3) is 0 Å². The van der Waals surface area contributed by atoms with Crippen LogP contribution < -0.4 is 5.73 Å². The quantitative estimate of drug-likeness (QED) is 0.751. The van der Waals surface area contributed by atoms with E-state index in [-0.39, 0.29) is 5.91 Å². The van der Waals surface area contributed by atoms with Crippen molar-refractivity contribution in [3.63, 3.8) is 0 Å². The lowest BCUT2D eigenvalue weighted by molar-refractivity contribution is -0.130. The lowest BCUT2D eigenvalue weighted by Crippen LogP contribution is -2.26. The van der Waals surface area contributed by atoms with Gasteiger partial charge in [-0.1, -0.05) is 19.8 Å². The molecule has 1 unspecified atom stereocenters. The Morgan fingerprint density at radius 3 is 2.75 bits per heavy atom. The summed E-state index contributed by atoms with van der Waals surface area (Å²) in [6.07, 6.45) is 8.65. The van der Waals surface area contributed by atoms with Gasteiger partial charge in [-0.05, 0) is 25.3 Å². The van der Waals surface area contributed by atoms with Gasteiger partial charge in [-0.2, -0.15) is 5.10 Å². The van der Waals surface area contributed by atoms with E-state index in [1.165, 1.54) is 0 Å². The van der Waals surface area contributed by atoms with Crippen LogP contribution in [-0.2, 0) is 18.4 Å². The average molecular weight is 280 g/mol. The maximum absolute atomic E-state index is 12.1. The number of nitrogens with zero attached hydrogens (tertiary/aromatic N) is 3. The minimum Gasteiger partial charge on any atom is -0.341 e. The molecular formula is C15H28N4O. The second-order valence-corrected chi connectivity index (χ2v) is 5.54. The first-order chi connectivity index (χ1) is 9.56. The van der Waals surface area contributed by atoms with Gasteiger partial charge in [-0.15, -0.1) is 0 Å². The van der Waals surface area contributed by atoms with Crippen molar-refractivity contribution < 1.29 is 4.79 Å². The Kier molecular flexibility index (Phi) is 7.30. The summed E-state index contributed by atoms with van der Waals surface area (Å²) in [6.45, 7) is 3.52. The van der Waals surface area contributed by atoms with Crippen LogP contribution in [0, 0.1) is 5.92 Å². The maximum Gasteiger partial charge on any atom is 0.222 e. The van der Waals surface area contributed by atoms with Gasteiger partial charge in [-0.3, -0.25) is 9.48 Å². The number of nitrogens with two attached hydrogens (primary N) is 1.